The number of aryl methyl sites for hydroxylation is 1. The van der Waals surface area contributed by atoms with E-state index in [1.165, 1.54) is 12.1 Å². The number of aromatic nitrogens is 2. The Balaban J connectivity index is 2.68. The van der Waals surface area contributed by atoms with Crippen LogP contribution in [0.3, 0.4) is 0 Å². The van der Waals surface area contributed by atoms with Crippen molar-refractivity contribution in [2.24, 2.45) is 0 Å². The first-order valence-electron chi connectivity index (χ1n) is 4.57. The zero-order valence-electron chi connectivity index (χ0n) is 8.39. The van der Waals surface area contributed by atoms with Crippen molar-refractivity contribution in [3.8, 4) is 0 Å². The third kappa shape index (κ3) is 2.95. The highest BCUT2D eigenvalue weighted by atomic mass is 32.2. The van der Waals surface area contributed by atoms with E-state index in [0.29, 0.717) is 0 Å². The Bertz CT molecular complexity index is 237. The summed E-state index contributed by atoms with van der Waals surface area (Å²) in [6.07, 6.45) is 4.31. The summed E-state index contributed by atoms with van der Waals surface area (Å²) in [6.45, 7) is 4.34. The number of nitrogens with one attached hydrogen (secondary N) is 1. The molecule has 0 amide bonds. The number of imidazole rings is 1. The van der Waals surface area contributed by atoms with Gasteiger partial charge in [-0.25, -0.2) is 4.98 Å². The number of hydrogen-bond acceptors (Lipinski definition) is 3. The van der Waals surface area contributed by atoms with Crippen LogP contribution in [-0.4, -0.2) is 22.0 Å². The Morgan fingerprint density at radius 1 is 1.38 bits per heavy atom. The third-order valence-corrected chi connectivity index (χ3v) is 3.51. The van der Waals surface area contributed by atoms with E-state index in [-0.39, 0.29) is 0 Å². The van der Waals surface area contributed by atoms with Gasteiger partial charge < -0.3 is 4.98 Å². The molecular weight excluding hydrogens is 200 g/mol. The number of H-pyrrole nitrogens is 1. The van der Waals surface area contributed by atoms with Crippen LogP contribution in [0.25, 0.3) is 0 Å². The zero-order chi connectivity index (χ0) is 9.68. The molecule has 1 heterocycles. The smallest absolute Gasteiger partial charge is 0.166 e. The highest BCUT2D eigenvalue weighted by Gasteiger charge is 2.06. The molecule has 0 fully saturated rings. The van der Waals surface area contributed by atoms with Crippen molar-refractivity contribution < 1.29 is 0 Å². The van der Waals surface area contributed by atoms with Gasteiger partial charge in [0.15, 0.2) is 5.16 Å². The average Bonchev–Trinajstić information content (AvgIpc) is 2.57. The van der Waals surface area contributed by atoms with Crippen molar-refractivity contribution >= 4 is 23.5 Å². The van der Waals surface area contributed by atoms with Gasteiger partial charge in [-0.05, 0) is 19.1 Å². The lowest BCUT2D eigenvalue weighted by atomic mass is 10.4. The van der Waals surface area contributed by atoms with E-state index >= 15 is 0 Å². The van der Waals surface area contributed by atoms with Crippen molar-refractivity contribution in [3.05, 3.63) is 5.69 Å². The van der Waals surface area contributed by atoms with Gasteiger partial charge in [0.05, 0.1) is 0 Å². The van der Waals surface area contributed by atoms with Crippen LogP contribution in [0, 0.1) is 0 Å². The molecule has 4 heteroatoms. The average molecular weight is 216 g/mol. The highest BCUT2D eigenvalue weighted by Crippen LogP contribution is 2.23. The molecule has 2 nitrogen and oxygen atoms in total. The lowest BCUT2D eigenvalue weighted by Crippen LogP contribution is -1.81. The van der Waals surface area contributed by atoms with Gasteiger partial charge in [-0.2, -0.15) is 0 Å². The molecule has 0 atom stereocenters. The van der Waals surface area contributed by atoms with Crippen molar-refractivity contribution in [1.82, 2.24) is 9.97 Å². The second kappa shape index (κ2) is 5.60. The van der Waals surface area contributed by atoms with Gasteiger partial charge in [-0.3, -0.25) is 0 Å². The van der Waals surface area contributed by atoms with Gasteiger partial charge >= 0.3 is 0 Å². The minimum absolute atomic E-state index is 1.04. The minimum Gasteiger partial charge on any atom is -0.336 e. The summed E-state index contributed by atoms with van der Waals surface area (Å²) < 4.78 is 0. The first-order valence-corrected chi connectivity index (χ1v) is 6.78. The maximum atomic E-state index is 4.51. The van der Waals surface area contributed by atoms with Crippen LogP contribution in [-0.2, 0) is 6.42 Å². The molecule has 0 saturated carbocycles. The third-order valence-electron chi connectivity index (χ3n) is 1.71. The van der Waals surface area contributed by atoms with Gasteiger partial charge in [0.2, 0.25) is 0 Å². The second-order valence-corrected chi connectivity index (χ2v) is 4.61. The van der Waals surface area contributed by atoms with E-state index in [0.717, 1.165) is 22.4 Å². The van der Waals surface area contributed by atoms with E-state index in [2.05, 4.69) is 30.1 Å². The Morgan fingerprint density at radius 2 is 2.15 bits per heavy atom. The van der Waals surface area contributed by atoms with E-state index in [1.807, 2.05) is 0 Å². The van der Waals surface area contributed by atoms with E-state index in [4.69, 9.17) is 0 Å². The largest absolute Gasteiger partial charge is 0.336 e. The molecule has 0 saturated heterocycles. The van der Waals surface area contributed by atoms with Gasteiger partial charge in [0.25, 0.3) is 0 Å². The predicted octanol–water partition coefficient (Wildman–Crippen LogP) is 3.20. The quantitative estimate of drug-likeness (QED) is 0.766. The molecule has 0 aromatic carbocycles. The van der Waals surface area contributed by atoms with E-state index < -0.39 is 0 Å². The van der Waals surface area contributed by atoms with Crippen molar-refractivity contribution in [2.45, 2.75) is 36.9 Å². The molecule has 1 rings (SSSR count). The van der Waals surface area contributed by atoms with Crippen molar-refractivity contribution in [3.63, 3.8) is 0 Å². The summed E-state index contributed by atoms with van der Waals surface area (Å²) in [5.41, 5.74) is 1.27. The number of aromatic amines is 1. The topological polar surface area (TPSA) is 28.7 Å². The highest BCUT2D eigenvalue weighted by molar-refractivity contribution is 7.99. The predicted molar refractivity (Wildman–Crippen MR) is 60.8 cm³/mol. The molecule has 0 radical (unpaired) electrons. The number of hydrogen-bond donors (Lipinski definition) is 1. The second-order valence-electron chi connectivity index (χ2n) is 2.73. The maximum absolute atomic E-state index is 4.51. The molecule has 0 spiro atoms. The normalized spacial score (nSPS) is 10.7. The molecule has 0 bridgehead atoms. The van der Waals surface area contributed by atoms with Crippen LogP contribution >= 0.6 is 23.5 Å². The fourth-order valence-electron chi connectivity index (χ4n) is 1.05. The van der Waals surface area contributed by atoms with E-state index in [9.17, 15) is 0 Å². The van der Waals surface area contributed by atoms with Gasteiger partial charge in [-0.15, -0.1) is 11.8 Å². The van der Waals surface area contributed by atoms with E-state index in [1.54, 1.807) is 23.5 Å². The first-order chi connectivity index (χ1) is 6.31. The fraction of sp³-hybridized carbons (Fsp3) is 0.667. The Hall–Kier alpha value is -0.0900. The Labute approximate surface area is 88.3 Å². The molecule has 0 aliphatic rings. The maximum Gasteiger partial charge on any atom is 0.166 e. The molecule has 1 aromatic heterocycles. The monoisotopic (exact) mass is 216 g/mol. The number of nitrogens with zero attached hydrogens (tertiary/aromatic N) is 1. The van der Waals surface area contributed by atoms with Crippen LogP contribution < -0.4 is 0 Å². The SMILES string of the molecule is CCCSc1nc(SC)c(CC)[nH]1. The molecular formula is C9H16N2S2. The van der Waals surface area contributed by atoms with Crippen LogP contribution in [0.1, 0.15) is 26.0 Å². The standard InChI is InChI=1S/C9H16N2S2/c1-4-6-13-9-10-7(5-2)8(11-9)12-3/h4-6H2,1-3H3,(H,10,11). The summed E-state index contributed by atoms with van der Waals surface area (Å²) >= 11 is 3.52. The Morgan fingerprint density at radius 3 is 2.62 bits per heavy atom. The molecule has 13 heavy (non-hydrogen) atoms. The number of thioether (sulfide) groups is 2. The van der Waals surface area contributed by atoms with Gasteiger partial charge in [-0.1, -0.05) is 25.6 Å². The van der Waals surface area contributed by atoms with Gasteiger partial charge in [0, 0.05) is 11.4 Å². The summed E-state index contributed by atoms with van der Waals surface area (Å²) in [5, 5.41) is 2.23. The summed E-state index contributed by atoms with van der Waals surface area (Å²) in [6, 6.07) is 0. The van der Waals surface area contributed by atoms with Gasteiger partial charge in [0.1, 0.15) is 5.03 Å². The van der Waals surface area contributed by atoms with Crippen molar-refractivity contribution in [1.29, 1.82) is 0 Å². The van der Waals surface area contributed by atoms with Crippen LogP contribution in [0.2, 0.25) is 0 Å². The lowest BCUT2D eigenvalue weighted by Gasteiger charge is -1.92. The van der Waals surface area contributed by atoms with Crippen LogP contribution in [0.15, 0.2) is 10.2 Å². The molecule has 0 unspecified atom stereocenters. The molecule has 0 aliphatic heterocycles. The molecule has 1 aromatic rings. The molecule has 74 valence electrons. The van der Waals surface area contributed by atoms with Crippen LogP contribution in [0.4, 0.5) is 0 Å². The molecule has 0 aliphatic carbocycles. The lowest BCUT2D eigenvalue weighted by molar-refractivity contribution is 0.988. The van der Waals surface area contributed by atoms with Crippen molar-refractivity contribution in [2.75, 3.05) is 12.0 Å². The summed E-state index contributed by atoms with van der Waals surface area (Å²) in [5.74, 6) is 1.14. The molecule has 1 N–H and O–H groups in total. The Kier molecular flexibility index (Phi) is 4.73. The fourth-order valence-corrected chi connectivity index (χ4v) is 2.48. The summed E-state index contributed by atoms with van der Waals surface area (Å²) in [7, 11) is 0. The first kappa shape index (κ1) is 11.0. The minimum atomic E-state index is 1.04. The summed E-state index contributed by atoms with van der Waals surface area (Å²) in [4.78, 5) is 7.86. The van der Waals surface area contributed by atoms with Crippen LogP contribution in [0.5, 0.6) is 0 Å². The zero-order valence-corrected chi connectivity index (χ0v) is 10.0. The number of rotatable bonds is 5.